The highest BCUT2D eigenvalue weighted by molar-refractivity contribution is 7.94. The Morgan fingerprint density at radius 1 is 1.10 bits per heavy atom. The number of nitrogens with zero attached hydrogens (tertiary/aromatic N) is 1. The minimum absolute atomic E-state index is 0.332. The molecule has 0 aromatic heterocycles. The number of urea groups is 1. The van der Waals surface area contributed by atoms with Crippen LogP contribution in [0.1, 0.15) is 47.9 Å². The molecule has 0 spiro atoms. The molecule has 1 atom stereocenters. The molecule has 2 aliphatic carbocycles. The lowest BCUT2D eigenvalue weighted by molar-refractivity contribution is 0.214. The van der Waals surface area contributed by atoms with Crippen molar-refractivity contribution in [3.8, 4) is 0 Å². The number of hydrogen-bond donors (Lipinski definition) is 2. The molecule has 2 amide bonds. The van der Waals surface area contributed by atoms with Gasteiger partial charge in [-0.2, -0.15) is 8.42 Å². The van der Waals surface area contributed by atoms with Crippen LogP contribution in [0.2, 0.25) is 0 Å². The lowest BCUT2D eigenvalue weighted by Crippen LogP contribution is -2.39. The number of sulfonamides is 1. The molecule has 1 aliphatic heterocycles. The first kappa shape index (κ1) is 22.1. The molecule has 31 heavy (non-hydrogen) atoms. The van der Waals surface area contributed by atoms with Gasteiger partial charge < -0.3 is 14.4 Å². The average Bonchev–Trinajstić information content (AvgIpc) is 3.38. The van der Waals surface area contributed by atoms with Gasteiger partial charge in [-0.25, -0.2) is 18.4 Å². The highest BCUT2D eigenvalue weighted by atomic mass is 32.2. The number of benzene rings is 1. The van der Waals surface area contributed by atoms with E-state index in [1.54, 1.807) is 0 Å². The fourth-order valence-electron chi connectivity index (χ4n) is 4.84. The smallest absolute Gasteiger partial charge is 0.322 e. The second-order valence-electron chi connectivity index (χ2n) is 8.39. The zero-order chi connectivity index (χ0) is 22.4. The Bertz CT molecular complexity index is 1130. The number of fused-ring (bicyclic) bond motifs is 2. The molecule has 1 aromatic carbocycles. The van der Waals surface area contributed by atoms with Gasteiger partial charge in [-0.3, -0.25) is 0 Å². The van der Waals surface area contributed by atoms with E-state index in [1.165, 1.54) is 27.2 Å². The van der Waals surface area contributed by atoms with Gasteiger partial charge in [0.25, 0.3) is 10.0 Å². The van der Waals surface area contributed by atoms with E-state index < -0.39 is 31.3 Å². The largest absolute Gasteiger partial charge is 0.369 e. The van der Waals surface area contributed by atoms with Crippen LogP contribution in [-0.4, -0.2) is 46.6 Å². The Hall–Kier alpha value is -2.11. The van der Waals surface area contributed by atoms with Crippen LogP contribution < -0.4 is 10.5 Å². The molecular weight excluding hydrogens is 442 g/mol. The van der Waals surface area contributed by atoms with Crippen LogP contribution in [0.4, 0.5) is 10.5 Å². The number of anilines is 1. The number of rotatable bonds is 5. The monoisotopic (exact) mass is 469 g/mol. The number of amides is 2. The normalized spacial score (nSPS) is 21.2. The van der Waals surface area contributed by atoms with E-state index >= 15 is 0 Å². The summed E-state index contributed by atoms with van der Waals surface area (Å²) in [5, 5.41) is 7.36. The fraction of sp³-hybridized carbons (Fsp3) is 0.550. The molecule has 1 heterocycles. The summed E-state index contributed by atoms with van der Waals surface area (Å²) in [5.74, 6) is 0. The van der Waals surface area contributed by atoms with Gasteiger partial charge in [0.2, 0.25) is 5.09 Å². The Morgan fingerprint density at radius 2 is 1.71 bits per heavy atom. The van der Waals surface area contributed by atoms with Crippen LogP contribution in [0.5, 0.6) is 0 Å². The van der Waals surface area contributed by atoms with Gasteiger partial charge in [-0.05, 0) is 79.7 Å². The van der Waals surface area contributed by atoms with Crippen molar-refractivity contribution in [1.82, 2.24) is 4.90 Å². The molecule has 0 bridgehead atoms. The molecule has 0 saturated carbocycles. The first-order valence-corrected chi connectivity index (χ1v) is 13.8. The van der Waals surface area contributed by atoms with E-state index in [1.807, 2.05) is 0 Å². The van der Waals surface area contributed by atoms with Gasteiger partial charge in [0.05, 0.1) is 12.3 Å². The van der Waals surface area contributed by atoms with Gasteiger partial charge in [0.15, 0.2) is 0 Å². The SMILES string of the molecule is CS(=O)(=O)O/C(=C\[C@H]1CCCN1C(=O)Nc1c2c(cc3c1CCC3)CCC2)S(N)(=O)=O. The van der Waals surface area contributed by atoms with E-state index in [4.69, 9.17) is 5.14 Å². The number of carbonyl (C=O) groups excluding carboxylic acids is 1. The highest BCUT2D eigenvalue weighted by Crippen LogP contribution is 2.39. The summed E-state index contributed by atoms with van der Waals surface area (Å²) < 4.78 is 51.2. The van der Waals surface area contributed by atoms with Crippen molar-refractivity contribution in [2.45, 2.75) is 57.4 Å². The Balaban J connectivity index is 1.61. The van der Waals surface area contributed by atoms with Crippen molar-refractivity contribution in [3.63, 3.8) is 0 Å². The predicted octanol–water partition coefficient (Wildman–Crippen LogP) is 1.77. The Labute approximate surface area is 182 Å². The van der Waals surface area contributed by atoms with E-state index in [-0.39, 0.29) is 6.03 Å². The summed E-state index contributed by atoms with van der Waals surface area (Å²) in [6.45, 7) is 0.418. The maximum absolute atomic E-state index is 13.2. The molecule has 1 saturated heterocycles. The molecule has 1 aromatic rings. The lowest BCUT2D eigenvalue weighted by atomic mass is 9.99. The van der Waals surface area contributed by atoms with Gasteiger partial charge in [0.1, 0.15) is 0 Å². The molecule has 0 unspecified atom stereocenters. The van der Waals surface area contributed by atoms with Crippen molar-refractivity contribution in [2.24, 2.45) is 5.14 Å². The fourth-order valence-corrected chi connectivity index (χ4v) is 6.29. The number of hydrogen-bond acceptors (Lipinski definition) is 6. The molecule has 4 rings (SSSR count). The number of nitrogens with one attached hydrogen (secondary N) is 1. The zero-order valence-corrected chi connectivity index (χ0v) is 19.0. The van der Waals surface area contributed by atoms with E-state index in [0.29, 0.717) is 19.4 Å². The summed E-state index contributed by atoms with van der Waals surface area (Å²) in [6.07, 6.45) is 9.00. The number of aryl methyl sites for hydroxylation is 2. The standard InChI is InChI=1S/C20H27N3O6S2/c1-30(25,26)29-18(31(21,27)28)12-15-7-4-10-23(15)20(24)22-19-16-8-2-5-13(16)11-14-6-3-9-17(14)19/h11-12,15H,2-10H2,1H3,(H,22,24)(H2,21,27,28)/b18-12+/t15-/m1/s1. The number of nitrogens with two attached hydrogens (primary N) is 1. The summed E-state index contributed by atoms with van der Waals surface area (Å²) in [4.78, 5) is 14.7. The second-order valence-corrected chi connectivity index (χ2v) is 11.5. The summed E-state index contributed by atoms with van der Waals surface area (Å²) >= 11 is 0. The van der Waals surface area contributed by atoms with Crippen molar-refractivity contribution < 1.29 is 25.8 Å². The molecule has 3 N–H and O–H groups in total. The maximum Gasteiger partial charge on any atom is 0.322 e. The quantitative estimate of drug-likeness (QED) is 0.498. The van der Waals surface area contributed by atoms with Crippen LogP contribution in [0, 0.1) is 0 Å². The summed E-state index contributed by atoms with van der Waals surface area (Å²) in [7, 11) is -8.50. The third-order valence-electron chi connectivity index (χ3n) is 6.11. The number of primary sulfonamides is 1. The van der Waals surface area contributed by atoms with Gasteiger partial charge in [-0.15, -0.1) is 0 Å². The van der Waals surface area contributed by atoms with Crippen molar-refractivity contribution >= 4 is 31.9 Å². The third-order valence-corrected chi connectivity index (χ3v) is 7.48. The minimum atomic E-state index is -4.41. The maximum atomic E-state index is 13.2. The summed E-state index contributed by atoms with van der Waals surface area (Å²) in [6, 6.07) is 1.31. The molecule has 11 heteroatoms. The van der Waals surface area contributed by atoms with E-state index in [0.717, 1.165) is 56.5 Å². The third kappa shape index (κ3) is 4.73. The second kappa shape index (κ2) is 8.10. The van der Waals surface area contributed by atoms with E-state index in [9.17, 15) is 21.6 Å². The number of carbonyl (C=O) groups is 1. The van der Waals surface area contributed by atoms with Crippen LogP contribution in [0.3, 0.4) is 0 Å². The summed E-state index contributed by atoms with van der Waals surface area (Å²) in [5.41, 5.74) is 5.90. The van der Waals surface area contributed by atoms with Gasteiger partial charge in [0, 0.05) is 12.2 Å². The van der Waals surface area contributed by atoms with Crippen LogP contribution in [0.25, 0.3) is 0 Å². The Morgan fingerprint density at radius 3 is 2.26 bits per heavy atom. The van der Waals surface area contributed by atoms with Crippen LogP contribution >= 0.6 is 0 Å². The molecule has 9 nitrogen and oxygen atoms in total. The van der Waals surface area contributed by atoms with Crippen molar-refractivity contribution in [3.05, 3.63) is 39.5 Å². The van der Waals surface area contributed by atoms with Crippen molar-refractivity contribution in [2.75, 3.05) is 18.1 Å². The van der Waals surface area contributed by atoms with Gasteiger partial charge >= 0.3 is 16.1 Å². The van der Waals surface area contributed by atoms with Gasteiger partial charge in [-0.1, -0.05) is 6.07 Å². The Kier molecular flexibility index (Phi) is 5.78. The lowest BCUT2D eigenvalue weighted by Gasteiger charge is -2.25. The molecular formula is C20H27N3O6S2. The first-order valence-electron chi connectivity index (χ1n) is 10.4. The molecule has 0 radical (unpaired) electrons. The molecule has 170 valence electrons. The zero-order valence-electron chi connectivity index (χ0n) is 17.4. The molecule has 1 fully saturated rings. The predicted molar refractivity (Wildman–Crippen MR) is 116 cm³/mol. The minimum Gasteiger partial charge on any atom is -0.369 e. The van der Waals surface area contributed by atoms with Crippen molar-refractivity contribution in [1.29, 1.82) is 0 Å². The van der Waals surface area contributed by atoms with E-state index in [2.05, 4.69) is 15.6 Å². The average molecular weight is 470 g/mol. The van der Waals surface area contributed by atoms with Crippen LogP contribution in [0.15, 0.2) is 17.2 Å². The number of likely N-dealkylation sites (tertiary alicyclic amines) is 1. The first-order chi connectivity index (χ1) is 14.5. The topological polar surface area (TPSA) is 136 Å². The van der Waals surface area contributed by atoms with Crippen LogP contribution in [-0.2, 0) is 50.0 Å². The highest BCUT2D eigenvalue weighted by Gasteiger charge is 2.32. The molecule has 3 aliphatic rings.